The van der Waals surface area contributed by atoms with Crippen molar-refractivity contribution >= 4 is 17.5 Å². The van der Waals surface area contributed by atoms with Crippen molar-refractivity contribution in [1.82, 2.24) is 0 Å². The molecule has 0 aromatic carbocycles. The van der Waals surface area contributed by atoms with Crippen LogP contribution in [0.5, 0.6) is 0 Å². The molecule has 0 radical (unpaired) electrons. The Hall–Kier alpha value is -1.39. The molecule has 0 spiro atoms. The van der Waals surface area contributed by atoms with Crippen LogP contribution in [-0.2, 0) is 19.2 Å². The maximum atomic E-state index is 11.3. The van der Waals surface area contributed by atoms with Crippen LogP contribution in [0.3, 0.4) is 0 Å². The van der Waals surface area contributed by atoms with Crippen molar-refractivity contribution in [2.75, 3.05) is 13.7 Å². The fraction of sp³-hybridized carbons (Fsp3) is 0.700. The lowest BCUT2D eigenvalue weighted by Crippen LogP contribution is -2.21. The number of carbonyl (C=O) groups is 2. The Morgan fingerprint density at radius 2 is 1.93 bits per heavy atom. The summed E-state index contributed by atoms with van der Waals surface area (Å²) in [4.78, 5) is 27.1. The zero-order chi connectivity index (χ0) is 11.7. The highest BCUT2D eigenvalue weighted by Crippen LogP contribution is 1.99. The van der Waals surface area contributed by atoms with E-state index in [1.165, 1.54) is 7.11 Å². The van der Waals surface area contributed by atoms with Crippen LogP contribution in [0.2, 0.25) is 0 Å². The Balaban J connectivity index is 4.34. The van der Waals surface area contributed by atoms with Gasteiger partial charge in [-0.2, -0.15) is 0 Å². The van der Waals surface area contributed by atoms with Crippen molar-refractivity contribution in [3.05, 3.63) is 0 Å². The zero-order valence-electron chi connectivity index (χ0n) is 9.41. The lowest BCUT2D eigenvalue weighted by molar-refractivity contribution is -0.135. The molecule has 0 bridgehead atoms. The minimum Gasteiger partial charge on any atom is -0.461 e. The highest BCUT2D eigenvalue weighted by Gasteiger charge is 2.17. The van der Waals surface area contributed by atoms with Crippen LogP contribution < -0.4 is 0 Å². The summed E-state index contributed by atoms with van der Waals surface area (Å²) in [7, 11) is 1.32. The summed E-state index contributed by atoms with van der Waals surface area (Å²) in [5.41, 5.74) is 0.0257. The largest absolute Gasteiger partial charge is 0.461 e. The highest BCUT2D eigenvalue weighted by molar-refractivity contribution is 6.39. The van der Waals surface area contributed by atoms with E-state index in [1.54, 1.807) is 6.92 Å². The van der Waals surface area contributed by atoms with Gasteiger partial charge in [0.1, 0.15) is 12.9 Å². The first-order valence-corrected chi connectivity index (χ1v) is 4.94. The van der Waals surface area contributed by atoms with Gasteiger partial charge in [0.2, 0.25) is 0 Å². The molecule has 0 aliphatic carbocycles. The summed E-state index contributed by atoms with van der Waals surface area (Å²) < 4.78 is 4.73. The number of hydrogen-bond acceptors (Lipinski definition) is 5. The Morgan fingerprint density at radius 1 is 1.27 bits per heavy atom. The molecule has 0 aliphatic heterocycles. The van der Waals surface area contributed by atoms with Crippen molar-refractivity contribution in [1.29, 1.82) is 0 Å². The van der Waals surface area contributed by atoms with Crippen LogP contribution in [0.4, 0.5) is 0 Å². The van der Waals surface area contributed by atoms with E-state index in [4.69, 9.17) is 4.74 Å². The quantitative estimate of drug-likeness (QED) is 0.365. The van der Waals surface area contributed by atoms with Gasteiger partial charge in [-0.05, 0) is 13.3 Å². The Labute approximate surface area is 89.4 Å². The topological polar surface area (TPSA) is 65.0 Å². The molecule has 0 rings (SSSR count). The monoisotopic (exact) mass is 215 g/mol. The van der Waals surface area contributed by atoms with E-state index < -0.39 is 5.97 Å². The van der Waals surface area contributed by atoms with Crippen LogP contribution in [0.1, 0.15) is 33.1 Å². The van der Waals surface area contributed by atoms with Crippen molar-refractivity contribution in [3.8, 4) is 0 Å². The fourth-order valence-electron chi connectivity index (χ4n) is 1.02. The van der Waals surface area contributed by atoms with Crippen LogP contribution >= 0.6 is 0 Å². The van der Waals surface area contributed by atoms with E-state index in [9.17, 15) is 9.59 Å². The first-order valence-electron chi connectivity index (χ1n) is 4.94. The number of rotatable bonds is 7. The maximum Gasteiger partial charge on any atom is 0.356 e. The summed E-state index contributed by atoms with van der Waals surface area (Å²) in [6, 6.07) is 0. The van der Waals surface area contributed by atoms with Crippen LogP contribution in [0.25, 0.3) is 0 Å². The van der Waals surface area contributed by atoms with Gasteiger partial charge in [-0.15, -0.1) is 0 Å². The molecule has 15 heavy (non-hydrogen) atoms. The molecule has 0 fully saturated rings. The second-order valence-electron chi connectivity index (χ2n) is 2.91. The molecule has 0 saturated heterocycles. The Morgan fingerprint density at radius 3 is 2.40 bits per heavy atom. The summed E-state index contributed by atoms with van der Waals surface area (Å²) in [5, 5.41) is 3.49. The van der Waals surface area contributed by atoms with Crippen molar-refractivity contribution in [3.63, 3.8) is 0 Å². The highest BCUT2D eigenvalue weighted by atomic mass is 16.6. The minimum atomic E-state index is -0.594. The van der Waals surface area contributed by atoms with Gasteiger partial charge in [-0.25, -0.2) is 4.79 Å². The van der Waals surface area contributed by atoms with Gasteiger partial charge in [0.15, 0.2) is 5.71 Å². The number of nitrogens with zero attached hydrogens (tertiary/aromatic N) is 1. The number of Topliss-reactive ketones (excluding diaryl/α,β-unsaturated/α-hetero) is 1. The van der Waals surface area contributed by atoms with Crippen LogP contribution in [-0.4, -0.2) is 31.2 Å². The Kier molecular flexibility index (Phi) is 7.23. The number of carbonyl (C=O) groups excluding carboxylic acids is 2. The molecule has 0 aliphatic rings. The van der Waals surface area contributed by atoms with Gasteiger partial charge in [0.25, 0.3) is 0 Å². The van der Waals surface area contributed by atoms with Gasteiger partial charge < -0.3 is 9.57 Å². The average molecular weight is 215 g/mol. The van der Waals surface area contributed by atoms with E-state index in [2.05, 4.69) is 9.99 Å². The fourth-order valence-corrected chi connectivity index (χ4v) is 1.02. The second-order valence-corrected chi connectivity index (χ2v) is 2.91. The van der Waals surface area contributed by atoms with Crippen molar-refractivity contribution in [2.45, 2.75) is 33.1 Å². The standard InChI is InChI=1S/C10H17NO4/c1-4-6-8(12)7-9(11-14-3)10(13)15-5-2/h4-7H2,1-3H3/b11-9+. The summed E-state index contributed by atoms with van der Waals surface area (Å²) >= 11 is 0. The van der Waals surface area contributed by atoms with Crippen molar-refractivity contribution < 1.29 is 19.2 Å². The number of ketones is 1. The minimum absolute atomic E-state index is 0.0257. The number of oxime groups is 1. The van der Waals surface area contributed by atoms with Gasteiger partial charge in [-0.3, -0.25) is 4.79 Å². The van der Waals surface area contributed by atoms with Crippen LogP contribution in [0, 0.1) is 0 Å². The number of esters is 1. The molecule has 0 atom stereocenters. The SMILES string of the molecule is CCCC(=O)C/C(=N\OC)C(=O)OCC. The molecule has 0 unspecified atom stereocenters. The van der Waals surface area contributed by atoms with E-state index in [0.29, 0.717) is 6.42 Å². The van der Waals surface area contributed by atoms with E-state index in [1.807, 2.05) is 6.92 Å². The lowest BCUT2D eigenvalue weighted by atomic mass is 10.1. The molecule has 0 saturated carbocycles. The van der Waals surface area contributed by atoms with Gasteiger partial charge in [0, 0.05) is 6.42 Å². The number of hydrogen-bond donors (Lipinski definition) is 0. The van der Waals surface area contributed by atoms with E-state index >= 15 is 0 Å². The molecule has 5 heteroatoms. The molecular formula is C10H17NO4. The predicted molar refractivity (Wildman–Crippen MR) is 55.6 cm³/mol. The summed E-state index contributed by atoms with van der Waals surface area (Å²) in [6.07, 6.45) is 1.16. The smallest absolute Gasteiger partial charge is 0.356 e. The first kappa shape index (κ1) is 13.6. The van der Waals surface area contributed by atoms with E-state index in [-0.39, 0.29) is 24.5 Å². The van der Waals surface area contributed by atoms with Crippen LogP contribution in [0.15, 0.2) is 5.16 Å². The zero-order valence-corrected chi connectivity index (χ0v) is 9.41. The average Bonchev–Trinajstić information content (AvgIpc) is 2.18. The third-order valence-electron chi connectivity index (χ3n) is 1.61. The predicted octanol–water partition coefficient (Wildman–Crippen LogP) is 1.31. The van der Waals surface area contributed by atoms with Gasteiger partial charge >= 0.3 is 5.97 Å². The molecule has 0 heterocycles. The second kappa shape index (κ2) is 7.96. The molecule has 86 valence electrons. The summed E-state index contributed by atoms with van der Waals surface area (Å²) in [5.74, 6) is -0.634. The Bertz CT molecular complexity index is 248. The third-order valence-corrected chi connectivity index (χ3v) is 1.61. The number of ether oxygens (including phenoxy) is 1. The third kappa shape index (κ3) is 5.83. The molecule has 0 N–H and O–H groups in total. The molecule has 0 aromatic heterocycles. The molecule has 5 nitrogen and oxygen atoms in total. The molecular weight excluding hydrogens is 198 g/mol. The molecule has 0 amide bonds. The van der Waals surface area contributed by atoms with Crippen molar-refractivity contribution in [2.24, 2.45) is 5.16 Å². The maximum absolute atomic E-state index is 11.3. The molecule has 0 aromatic rings. The lowest BCUT2D eigenvalue weighted by Gasteiger charge is -2.03. The van der Waals surface area contributed by atoms with E-state index in [0.717, 1.165) is 6.42 Å². The summed E-state index contributed by atoms with van der Waals surface area (Å²) in [6.45, 7) is 3.84. The first-order chi connectivity index (χ1) is 7.15. The van der Waals surface area contributed by atoms with Gasteiger partial charge in [-0.1, -0.05) is 12.1 Å². The van der Waals surface area contributed by atoms with Gasteiger partial charge in [0.05, 0.1) is 13.0 Å². The normalized spacial score (nSPS) is 11.0.